The molecule has 13 heavy (non-hydrogen) atoms. The van der Waals surface area contributed by atoms with Crippen molar-refractivity contribution in [1.29, 1.82) is 0 Å². The van der Waals surface area contributed by atoms with Gasteiger partial charge in [0.05, 0.1) is 10.2 Å². The molecule has 1 aromatic heterocycles. The van der Waals surface area contributed by atoms with E-state index in [0.29, 0.717) is 0 Å². The van der Waals surface area contributed by atoms with Gasteiger partial charge in [-0.3, -0.25) is 0 Å². The largest absolute Gasteiger partial charge is 0.320 e. The summed E-state index contributed by atoms with van der Waals surface area (Å²) in [5, 5.41) is 3.73. The van der Waals surface area contributed by atoms with E-state index < -0.39 is 0 Å². The van der Waals surface area contributed by atoms with Crippen LogP contribution in [0.25, 0.3) is 10.2 Å². The zero-order valence-electron chi connectivity index (χ0n) is 7.61. The van der Waals surface area contributed by atoms with Crippen molar-refractivity contribution in [2.24, 2.45) is 18.0 Å². The number of aromatic nitrogens is 1. The predicted octanol–water partition coefficient (Wildman–Crippen LogP) is 1.32. The van der Waals surface area contributed by atoms with Crippen LogP contribution in [0.3, 0.4) is 0 Å². The Kier molecular flexibility index (Phi) is 1.84. The van der Waals surface area contributed by atoms with Gasteiger partial charge in [-0.15, -0.1) is 0 Å². The molecule has 0 unspecified atom stereocenters. The van der Waals surface area contributed by atoms with E-state index in [1.807, 2.05) is 11.6 Å². The van der Waals surface area contributed by atoms with Crippen LogP contribution in [0, 0.1) is 6.92 Å². The lowest BCUT2D eigenvalue weighted by Gasteiger charge is -1.98. The number of hydrogen-bond acceptors (Lipinski definition) is 3. The summed E-state index contributed by atoms with van der Waals surface area (Å²) in [4.78, 5) is 0.851. The summed E-state index contributed by atoms with van der Waals surface area (Å²) in [7, 11) is 1.98. The van der Waals surface area contributed by atoms with Gasteiger partial charge in [-0.25, -0.2) is 0 Å². The third-order valence-electron chi connectivity index (χ3n) is 2.13. The standard InChI is InChI=1S/C9H11N3S/c1-6-4-3-5-7-8(6)12(2)9(11-10)13-7/h3-5H,10H2,1-2H3. The summed E-state index contributed by atoms with van der Waals surface area (Å²) in [6, 6.07) is 6.23. The number of thiazole rings is 1. The van der Waals surface area contributed by atoms with E-state index in [1.165, 1.54) is 15.8 Å². The van der Waals surface area contributed by atoms with Gasteiger partial charge in [0, 0.05) is 7.05 Å². The van der Waals surface area contributed by atoms with Crippen LogP contribution in [0.5, 0.6) is 0 Å². The van der Waals surface area contributed by atoms with Crippen LogP contribution in [-0.4, -0.2) is 4.57 Å². The molecule has 0 amide bonds. The van der Waals surface area contributed by atoms with Gasteiger partial charge in [0.15, 0.2) is 0 Å². The number of nitrogens with two attached hydrogens (primary N) is 1. The number of para-hydroxylation sites is 1. The summed E-state index contributed by atoms with van der Waals surface area (Å²) < 4.78 is 3.25. The SMILES string of the molecule is Cc1cccc2sc(=NN)n(C)c12. The molecule has 0 spiro atoms. The molecule has 1 heterocycles. The first-order valence-corrected chi connectivity index (χ1v) is 4.84. The second kappa shape index (κ2) is 2.88. The van der Waals surface area contributed by atoms with E-state index in [9.17, 15) is 0 Å². The van der Waals surface area contributed by atoms with E-state index >= 15 is 0 Å². The fraction of sp³-hybridized carbons (Fsp3) is 0.222. The van der Waals surface area contributed by atoms with Gasteiger partial charge in [-0.05, 0) is 18.6 Å². The predicted molar refractivity (Wildman–Crippen MR) is 55.3 cm³/mol. The molecular weight excluding hydrogens is 182 g/mol. The van der Waals surface area contributed by atoms with E-state index in [2.05, 4.69) is 30.2 Å². The van der Waals surface area contributed by atoms with Gasteiger partial charge in [-0.1, -0.05) is 23.5 Å². The maximum absolute atomic E-state index is 5.28. The minimum atomic E-state index is 0.851. The molecule has 0 saturated heterocycles. The summed E-state index contributed by atoms with van der Waals surface area (Å²) >= 11 is 1.61. The second-order valence-corrected chi connectivity index (χ2v) is 4.00. The number of aryl methyl sites for hydroxylation is 2. The van der Waals surface area contributed by atoms with Gasteiger partial charge in [-0.2, -0.15) is 5.10 Å². The summed E-state index contributed by atoms with van der Waals surface area (Å²) in [6.45, 7) is 2.09. The number of fused-ring (bicyclic) bond motifs is 1. The highest BCUT2D eigenvalue weighted by Crippen LogP contribution is 2.19. The molecule has 68 valence electrons. The van der Waals surface area contributed by atoms with Crippen molar-refractivity contribution in [3.8, 4) is 0 Å². The van der Waals surface area contributed by atoms with Crippen LogP contribution in [0.4, 0.5) is 0 Å². The van der Waals surface area contributed by atoms with Crippen LogP contribution in [0.1, 0.15) is 5.56 Å². The molecule has 4 heteroatoms. The van der Waals surface area contributed by atoms with E-state index in [4.69, 9.17) is 5.84 Å². The number of rotatable bonds is 0. The Labute approximate surface area is 80.1 Å². The van der Waals surface area contributed by atoms with Gasteiger partial charge in [0.25, 0.3) is 0 Å². The first-order chi connectivity index (χ1) is 6.24. The monoisotopic (exact) mass is 193 g/mol. The fourth-order valence-corrected chi connectivity index (χ4v) is 2.54. The molecule has 2 aromatic rings. The highest BCUT2D eigenvalue weighted by molar-refractivity contribution is 7.16. The zero-order chi connectivity index (χ0) is 9.42. The normalized spacial score (nSPS) is 12.6. The van der Waals surface area contributed by atoms with Crippen LogP contribution in [-0.2, 0) is 7.05 Å². The zero-order valence-corrected chi connectivity index (χ0v) is 8.43. The number of nitrogens with zero attached hydrogens (tertiary/aromatic N) is 2. The third kappa shape index (κ3) is 1.14. The molecule has 0 saturated carbocycles. The van der Waals surface area contributed by atoms with E-state index in [-0.39, 0.29) is 0 Å². The molecular formula is C9H11N3S. The number of hydrogen-bond donors (Lipinski definition) is 1. The maximum Gasteiger partial charge on any atom is 0.208 e. The van der Waals surface area contributed by atoms with Crippen molar-refractivity contribution < 1.29 is 0 Å². The first kappa shape index (κ1) is 8.31. The molecule has 1 aromatic carbocycles. The van der Waals surface area contributed by atoms with Crippen molar-refractivity contribution >= 4 is 21.6 Å². The second-order valence-electron chi connectivity index (χ2n) is 2.99. The van der Waals surface area contributed by atoms with Gasteiger partial charge < -0.3 is 10.4 Å². The van der Waals surface area contributed by atoms with E-state index in [0.717, 1.165) is 4.80 Å². The molecule has 0 aliphatic rings. The Hall–Kier alpha value is -1.29. The van der Waals surface area contributed by atoms with Crippen molar-refractivity contribution in [3.63, 3.8) is 0 Å². The molecule has 0 bridgehead atoms. The molecule has 2 N–H and O–H groups in total. The van der Waals surface area contributed by atoms with Gasteiger partial charge in [0.2, 0.25) is 4.80 Å². The Morgan fingerprint density at radius 1 is 1.46 bits per heavy atom. The minimum Gasteiger partial charge on any atom is -0.320 e. The Balaban J connectivity index is 3.02. The van der Waals surface area contributed by atoms with Crippen molar-refractivity contribution in [2.75, 3.05) is 0 Å². The molecule has 0 fully saturated rings. The van der Waals surface area contributed by atoms with Crippen LogP contribution < -0.4 is 10.6 Å². The van der Waals surface area contributed by atoms with Crippen molar-refractivity contribution in [1.82, 2.24) is 4.57 Å². The van der Waals surface area contributed by atoms with Gasteiger partial charge >= 0.3 is 0 Å². The highest BCUT2D eigenvalue weighted by atomic mass is 32.1. The molecule has 0 radical (unpaired) electrons. The molecule has 3 nitrogen and oxygen atoms in total. The average Bonchev–Trinajstić information content (AvgIpc) is 2.44. The quantitative estimate of drug-likeness (QED) is 0.497. The fourth-order valence-electron chi connectivity index (χ4n) is 1.52. The van der Waals surface area contributed by atoms with Crippen LogP contribution >= 0.6 is 11.3 Å². The maximum atomic E-state index is 5.28. The molecule has 0 atom stereocenters. The summed E-state index contributed by atoms with van der Waals surface area (Å²) in [5.74, 6) is 5.28. The third-order valence-corrected chi connectivity index (χ3v) is 3.25. The lowest BCUT2D eigenvalue weighted by atomic mass is 10.2. The van der Waals surface area contributed by atoms with Crippen molar-refractivity contribution in [3.05, 3.63) is 28.6 Å². The molecule has 2 rings (SSSR count). The molecule has 0 aliphatic carbocycles. The lowest BCUT2D eigenvalue weighted by molar-refractivity contribution is 0.885. The van der Waals surface area contributed by atoms with Crippen LogP contribution in [0.2, 0.25) is 0 Å². The Bertz CT molecular complexity index is 507. The smallest absolute Gasteiger partial charge is 0.208 e. The Morgan fingerprint density at radius 2 is 2.23 bits per heavy atom. The lowest BCUT2D eigenvalue weighted by Crippen LogP contribution is -2.12. The van der Waals surface area contributed by atoms with E-state index in [1.54, 1.807) is 11.3 Å². The first-order valence-electron chi connectivity index (χ1n) is 4.03. The minimum absolute atomic E-state index is 0.851. The summed E-state index contributed by atoms with van der Waals surface area (Å²) in [6.07, 6.45) is 0. The molecule has 0 aliphatic heterocycles. The topological polar surface area (TPSA) is 43.3 Å². The number of benzene rings is 1. The highest BCUT2D eigenvalue weighted by Gasteiger charge is 2.03. The van der Waals surface area contributed by atoms with Gasteiger partial charge in [0.1, 0.15) is 0 Å². The Morgan fingerprint density at radius 3 is 2.85 bits per heavy atom. The van der Waals surface area contributed by atoms with Crippen LogP contribution in [0.15, 0.2) is 23.3 Å². The summed E-state index contributed by atoms with van der Waals surface area (Å²) in [5.41, 5.74) is 2.47. The average molecular weight is 193 g/mol. The van der Waals surface area contributed by atoms with Crippen molar-refractivity contribution in [2.45, 2.75) is 6.92 Å².